The predicted octanol–water partition coefficient (Wildman–Crippen LogP) is 0.821. The number of nitrogens with one attached hydrogen (secondary N) is 2. The number of nitrogens with zero attached hydrogens (tertiary/aromatic N) is 2. The van der Waals surface area contributed by atoms with E-state index in [9.17, 15) is 9.59 Å². The molecule has 1 amide bonds. The second-order valence-electron chi connectivity index (χ2n) is 5.07. The van der Waals surface area contributed by atoms with E-state index < -0.39 is 12.0 Å². The molecule has 7 heteroatoms. The molecule has 1 heterocycles. The molecule has 2 N–H and O–H groups in total. The summed E-state index contributed by atoms with van der Waals surface area (Å²) in [6.45, 7) is 4.98. The van der Waals surface area contributed by atoms with E-state index in [1.807, 2.05) is 37.3 Å². The van der Waals surface area contributed by atoms with Crippen molar-refractivity contribution in [2.45, 2.75) is 32.9 Å². The lowest BCUT2D eigenvalue weighted by molar-refractivity contribution is -0.135. The van der Waals surface area contributed by atoms with Crippen LogP contribution in [0.15, 0.2) is 35.4 Å². The van der Waals surface area contributed by atoms with Crippen LogP contribution in [-0.2, 0) is 20.9 Å². The average molecular weight is 318 g/mol. The van der Waals surface area contributed by atoms with Crippen LogP contribution >= 0.6 is 0 Å². The number of hydrogen-bond acceptors (Lipinski definition) is 6. The van der Waals surface area contributed by atoms with Crippen LogP contribution in [0, 0.1) is 0 Å². The SMILES string of the molecule is CCOC(=O)C1=NN(CC)C(C(=O)NNCc2ccccc2)C1. The number of hydrogen-bond donors (Lipinski definition) is 2. The molecule has 1 unspecified atom stereocenters. The van der Waals surface area contributed by atoms with Crippen molar-refractivity contribution in [3.8, 4) is 0 Å². The van der Waals surface area contributed by atoms with Crippen LogP contribution in [-0.4, -0.2) is 41.8 Å². The molecular formula is C16H22N4O3. The lowest BCUT2D eigenvalue weighted by atomic mass is 10.1. The molecule has 0 aliphatic carbocycles. The Morgan fingerprint density at radius 3 is 2.70 bits per heavy atom. The Balaban J connectivity index is 1.85. The van der Waals surface area contributed by atoms with E-state index in [0.717, 1.165) is 5.56 Å². The Bertz CT molecular complexity index is 574. The number of esters is 1. The highest BCUT2D eigenvalue weighted by atomic mass is 16.5. The van der Waals surface area contributed by atoms with E-state index in [4.69, 9.17) is 4.74 Å². The minimum absolute atomic E-state index is 0.217. The van der Waals surface area contributed by atoms with Gasteiger partial charge in [-0.15, -0.1) is 0 Å². The third kappa shape index (κ3) is 4.53. The van der Waals surface area contributed by atoms with Gasteiger partial charge in [0.15, 0.2) is 0 Å². The fourth-order valence-electron chi connectivity index (χ4n) is 2.32. The summed E-state index contributed by atoms with van der Waals surface area (Å²) in [5.74, 6) is -0.677. The van der Waals surface area contributed by atoms with E-state index in [2.05, 4.69) is 16.0 Å². The van der Waals surface area contributed by atoms with E-state index in [-0.39, 0.29) is 18.0 Å². The minimum atomic E-state index is -0.498. The molecule has 1 aromatic carbocycles. The first-order chi connectivity index (χ1) is 11.2. The summed E-state index contributed by atoms with van der Waals surface area (Å²) in [6.07, 6.45) is 0.255. The molecule has 0 aromatic heterocycles. The first-order valence-electron chi connectivity index (χ1n) is 7.73. The molecular weight excluding hydrogens is 296 g/mol. The first-order valence-corrected chi connectivity index (χ1v) is 7.73. The quantitative estimate of drug-likeness (QED) is 0.574. The summed E-state index contributed by atoms with van der Waals surface area (Å²) in [5.41, 5.74) is 6.93. The van der Waals surface area contributed by atoms with Gasteiger partial charge < -0.3 is 4.74 Å². The summed E-state index contributed by atoms with van der Waals surface area (Å²) in [7, 11) is 0. The Hall–Kier alpha value is -2.41. The van der Waals surface area contributed by atoms with Gasteiger partial charge in [0.1, 0.15) is 11.8 Å². The highest BCUT2D eigenvalue weighted by Crippen LogP contribution is 2.16. The van der Waals surface area contributed by atoms with E-state index in [1.165, 1.54) is 0 Å². The molecule has 0 spiro atoms. The molecule has 1 aliphatic heterocycles. The van der Waals surface area contributed by atoms with Gasteiger partial charge in [0, 0.05) is 19.5 Å². The van der Waals surface area contributed by atoms with Gasteiger partial charge in [-0.3, -0.25) is 15.2 Å². The summed E-state index contributed by atoms with van der Waals surface area (Å²) in [4.78, 5) is 24.0. The third-order valence-corrected chi connectivity index (χ3v) is 3.48. The maximum absolute atomic E-state index is 12.3. The minimum Gasteiger partial charge on any atom is -0.461 e. The number of hydrazine groups is 1. The molecule has 0 fully saturated rings. The lowest BCUT2D eigenvalue weighted by Gasteiger charge is -2.21. The summed E-state index contributed by atoms with van der Waals surface area (Å²) < 4.78 is 4.94. The largest absolute Gasteiger partial charge is 0.461 e. The fourth-order valence-corrected chi connectivity index (χ4v) is 2.32. The van der Waals surface area contributed by atoms with Crippen molar-refractivity contribution in [2.75, 3.05) is 13.2 Å². The van der Waals surface area contributed by atoms with Gasteiger partial charge in [0.05, 0.1) is 6.61 Å². The van der Waals surface area contributed by atoms with Crippen LogP contribution < -0.4 is 10.9 Å². The zero-order valence-corrected chi connectivity index (χ0v) is 13.4. The molecule has 0 radical (unpaired) electrons. The van der Waals surface area contributed by atoms with Crippen molar-refractivity contribution in [1.82, 2.24) is 15.9 Å². The third-order valence-electron chi connectivity index (χ3n) is 3.48. The van der Waals surface area contributed by atoms with Crippen LogP contribution in [0.4, 0.5) is 0 Å². The fraction of sp³-hybridized carbons (Fsp3) is 0.438. The van der Waals surface area contributed by atoms with Crippen LogP contribution in [0.5, 0.6) is 0 Å². The van der Waals surface area contributed by atoms with Crippen LogP contribution in [0.25, 0.3) is 0 Å². The second kappa shape index (κ2) is 8.28. The molecule has 124 valence electrons. The van der Waals surface area contributed by atoms with E-state index >= 15 is 0 Å². The van der Waals surface area contributed by atoms with Crippen molar-refractivity contribution in [1.29, 1.82) is 0 Å². The number of rotatable bonds is 7. The molecule has 0 bridgehead atoms. The number of carbonyl (C=O) groups excluding carboxylic acids is 2. The Morgan fingerprint density at radius 1 is 1.30 bits per heavy atom. The zero-order chi connectivity index (χ0) is 16.7. The smallest absolute Gasteiger partial charge is 0.354 e. The van der Waals surface area contributed by atoms with E-state index in [1.54, 1.807) is 11.9 Å². The van der Waals surface area contributed by atoms with Crippen LogP contribution in [0.1, 0.15) is 25.8 Å². The highest BCUT2D eigenvalue weighted by Gasteiger charge is 2.34. The van der Waals surface area contributed by atoms with Crippen molar-refractivity contribution < 1.29 is 14.3 Å². The number of carbonyl (C=O) groups is 2. The molecule has 2 rings (SSSR count). The molecule has 0 saturated heterocycles. The van der Waals surface area contributed by atoms with Gasteiger partial charge in [-0.25, -0.2) is 10.2 Å². The molecule has 0 saturated carbocycles. The maximum atomic E-state index is 12.3. The van der Waals surface area contributed by atoms with Gasteiger partial charge in [0.25, 0.3) is 5.91 Å². The number of likely N-dealkylation sites (N-methyl/N-ethyl adjacent to an activating group) is 1. The molecule has 7 nitrogen and oxygen atoms in total. The molecule has 23 heavy (non-hydrogen) atoms. The lowest BCUT2D eigenvalue weighted by Crippen LogP contribution is -2.47. The van der Waals surface area contributed by atoms with Gasteiger partial charge in [-0.2, -0.15) is 5.10 Å². The summed E-state index contributed by atoms with van der Waals surface area (Å²) in [6, 6.07) is 9.25. The number of amides is 1. The van der Waals surface area contributed by atoms with Crippen molar-refractivity contribution in [3.05, 3.63) is 35.9 Å². The van der Waals surface area contributed by atoms with Crippen molar-refractivity contribution in [3.63, 3.8) is 0 Å². The monoisotopic (exact) mass is 318 g/mol. The van der Waals surface area contributed by atoms with Crippen molar-refractivity contribution in [2.24, 2.45) is 5.10 Å². The van der Waals surface area contributed by atoms with Crippen molar-refractivity contribution >= 4 is 17.6 Å². The predicted molar refractivity (Wildman–Crippen MR) is 86.3 cm³/mol. The highest BCUT2D eigenvalue weighted by molar-refractivity contribution is 6.37. The summed E-state index contributed by atoms with van der Waals surface area (Å²) in [5, 5.41) is 5.78. The second-order valence-corrected chi connectivity index (χ2v) is 5.07. The first kappa shape index (κ1) is 17.0. The average Bonchev–Trinajstić information content (AvgIpc) is 3.00. The Morgan fingerprint density at radius 2 is 2.04 bits per heavy atom. The van der Waals surface area contributed by atoms with Gasteiger partial charge >= 0.3 is 5.97 Å². The standard InChI is InChI=1S/C16H22N4O3/c1-3-20-14(10-13(19-20)16(22)23-4-2)15(21)18-17-11-12-8-6-5-7-9-12/h5-9,14,17H,3-4,10-11H2,1-2H3,(H,18,21). The van der Waals surface area contributed by atoms with Crippen LogP contribution in [0.2, 0.25) is 0 Å². The Kier molecular flexibility index (Phi) is 6.10. The van der Waals surface area contributed by atoms with E-state index in [0.29, 0.717) is 19.7 Å². The number of ether oxygens (including phenoxy) is 1. The molecule has 1 aromatic rings. The van der Waals surface area contributed by atoms with Gasteiger partial charge in [-0.05, 0) is 19.4 Å². The maximum Gasteiger partial charge on any atom is 0.354 e. The Labute approximate surface area is 135 Å². The number of benzene rings is 1. The van der Waals surface area contributed by atoms with Gasteiger partial charge in [0.2, 0.25) is 0 Å². The number of hydrazone groups is 1. The molecule has 1 aliphatic rings. The van der Waals surface area contributed by atoms with Crippen LogP contribution in [0.3, 0.4) is 0 Å². The summed E-state index contributed by atoms with van der Waals surface area (Å²) >= 11 is 0. The molecule has 1 atom stereocenters. The normalized spacial score (nSPS) is 16.9. The topological polar surface area (TPSA) is 83.0 Å². The zero-order valence-electron chi connectivity index (χ0n) is 13.4. The van der Waals surface area contributed by atoms with Gasteiger partial charge in [-0.1, -0.05) is 30.3 Å².